The van der Waals surface area contributed by atoms with Crippen LogP contribution in [-0.4, -0.2) is 11.2 Å². The minimum Gasteiger partial charge on any atom is -0.346 e. The molecule has 108 valence electrons. The third-order valence-corrected chi connectivity index (χ3v) is 6.16. The molecule has 2 nitrogen and oxygen atoms in total. The first-order valence-electron chi connectivity index (χ1n) is 7.59. The molecule has 3 heteroatoms. The number of rotatable bonds is 4. The van der Waals surface area contributed by atoms with E-state index < -0.39 is 0 Å². The molecule has 0 spiro atoms. The lowest BCUT2D eigenvalue weighted by Gasteiger charge is -2.29. The molecular formula is C17H22BrNO. The number of nitrogens with one attached hydrogen (secondary N) is 1. The van der Waals surface area contributed by atoms with Gasteiger partial charge in [-0.15, -0.1) is 0 Å². The SMILES string of the molecule is CC(CBr)(NC(=O)C1C2CCCCC21)c1ccccc1. The van der Waals surface area contributed by atoms with Crippen molar-refractivity contribution in [3.05, 3.63) is 35.9 Å². The van der Waals surface area contributed by atoms with Gasteiger partial charge in [0, 0.05) is 11.2 Å². The quantitative estimate of drug-likeness (QED) is 0.832. The second kappa shape index (κ2) is 5.51. The highest BCUT2D eigenvalue weighted by atomic mass is 79.9. The highest BCUT2D eigenvalue weighted by Gasteiger charge is 2.55. The lowest BCUT2D eigenvalue weighted by molar-refractivity contribution is -0.124. The molecule has 0 aliphatic heterocycles. The average molecular weight is 336 g/mol. The summed E-state index contributed by atoms with van der Waals surface area (Å²) in [6.07, 6.45) is 5.11. The molecule has 1 amide bonds. The molecule has 0 saturated heterocycles. The summed E-state index contributed by atoms with van der Waals surface area (Å²) in [5.74, 6) is 1.87. The molecule has 2 aliphatic rings. The summed E-state index contributed by atoms with van der Waals surface area (Å²) < 4.78 is 0. The number of carbonyl (C=O) groups excluding carboxylic acids is 1. The van der Waals surface area contributed by atoms with Crippen molar-refractivity contribution in [2.75, 3.05) is 5.33 Å². The highest BCUT2D eigenvalue weighted by molar-refractivity contribution is 9.09. The number of halogens is 1. The Labute approximate surface area is 129 Å². The first kappa shape index (κ1) is 14.1. The fraction of sp³-hybridized carbons (Fsp3) is 0.588. The zero-order chi connectivity index (χ0) is 14.2. The summed E-state index contributed by atoms with van der Waals surface area (Å²) >= 11 is 3.57. The van der Waals surface area contributed by atoms with E-state index in [2.05, 4.69) is 40.3 Å². The van der Waals surface area contributed by atoms with E-state index in [9.17, 15) is 4.79 Å². The molecule has 2 fully saturated rings. The molecule has 1 aromatic rings. The minimum atomic E-state index is -0.315. The second-order valence-electron chi connectivity index (χ2n) is 6.46. The van der Waals surface area contributed by atoms with Crippen LogP contribution < -0.4 is 5.32 Å². The Morgan fingerprint density at radius 2 is 1.85 bits per heavy atom. The zero-order valence-electron chi connectivity index (χ0n) is 11.9. The van der Waals surface area contributed by atoms with Crippen LogP contribution in [0.2, 0.25) is 0 Å². The number of amides is 1. The van der Waals surface area contributed by atoms with Gasteiger partial charge in [-0.05, 0) is 37.2 Å². The number of fused-ring (bicyclic) bond motifs is 1. The molecule has 0 bridgehead atoms. The van der Waals surface area contributed by atoms with E-state index in [1.807, 2.05) is 18.2 Å². The van der Waals surface area contributed by atoms with E-state index in [1.54, 1.807) is 0 Å². The van der Waals surface area contributed by atoms with Gasteiger partial charge < -0.3 is 5.32 Å². The van der Waals surface area contributed by atoms with Crippen LogP contribution >= 0.6 is 15.9 Å². The Kier molecular flexibility index (Phi) is 3.89. The Morgan fingerprint density at radius 1 is 1.25 bits per heavy atom. The number of carbonyl (C=O) groups is 1. The Balaban J connectivity index is 1.70. The standard InChI is InChI=1S/C17H22BrNO/c1-17(11-18,12-7-3-2-4-8-12)19-16(20)15-13-9-5-6-10-14(13)15/h2-4,7-8,13-15H,5-6,9-11H2,1H3,(H,19,20). The van der Waals surface area contributed by atoms with Gasteiger partial charge >= 0.3 is 0 Å². The molecule has 2 saturated carbocycles. The Hall–Kier alpha value is -0.830. The summed E-state index contributed by atoms with van der Waals surface area (Å²) in [7, 11) is 0. The van der Waals surface area contributed by atoms with Crippen molar-refractivity contribution in [3.8, 4) is 0 Å². The largest absolute Gasteiger partial charge is 0.346 e. The van der Waals surface area contributed by atoms with Crippen molar-refractivity contribution in [1.82, 2.24) is 5.32 Å². The molecule has 0 radical (unpaired) electrons. The fourth-order valence-corrected chi connectivity index (χ4v) is 4.19. The number of hydrogen-bond donors (Lipinski definition) is 1. The van der Waals surface area contributed by atoms with Crippen molar-refractivity contribution in [3.63, 3.8) is 0 Å². The van der Waals surface area contributed by atoms with Crippen LogP contribution in [0.1, 0.15) is 38.2 Å². The van der Waals surface area contributed by atoms with Crippen LogP contribution in [0.5, 0.6) is 0 Å². The molecule has 0 aromatic heterocycles. The van der Waals surface area contributed by atoms with Gasteiger partial charge in [-0.3, -0.25) is 4.79 Å². The average Bonchev–Trinajstić information content (AvgIpc) is 3.22. The summed E-state index contributed by atoms with van der Waals surface area (Å²) in [4.78, 5) is 12.6. The number of benzene rings is 1. The Morgan fingerprint density at radius 3 is 2.40 bits per heavy atom. The molecular weight excluding hydrogens is 314 g/mol. The van der Waals surface area contributed by atoms with E-state index in [4.69, 9.17) is 0 Å². The summed E-state index contributed by atoms with van der Waals surface area (Å²) in [6.45, 7) is 2.10. The normalized spacial score (nSPS) is 31.0. The van der Waals surface area contributed by atoms with Crippen LogP contribution in [0.25, 0.3) is 0 Å². The van der Waals surface area contributed by atoms with Gasteiger partial charge in [0.15, 0.2) is 0 Å². The fourth-order valence-electron chi connectivity index (χ4n) is 3.73. The first-order valence-corrected chi connectivity index (χ1v) is 8.71. The van der Waals surface area contributed by atoms with Gasteiger partial charge in [0.2, 0.25) is 5.91 Å². The van der Waals surface area contributed by atoms with Crippen LogP contribution in [0.4, 0.5) is 0 Å². The molecule has 20 heavy (non-hydrogen) atoms. The van der Waals surface area contributed by atoms with Crippen molar-refractivity contribution >= 4 is 21.8 Å². The second-order valence-corrected chi connectivity index (χ2v) is 7.02. The van der Waals surface area contributed by atoms with Gasteiger partial charge in [0.05, 0.1) is 5.54 Å². The van der Waals surface area contributed by atoms with E-state index in [-0.39, 0.29) is 17.4 Å². The van der Waals surface area contributed by atoms with Crippen LogP contribution in [0.3, 0.4) is 0 Å². The predicted molar refractivity (Wildman–Crippen MR) is 84.7 cm³/mol. The van der Waals surface area contributed by atoms with Gasteiger partial charge in [-0.1, -0.05) is 59.1 Å². The first-order chi connectivity index (χ1) is 9.65. The molecule has 0 heterocycles. The van der Waals surface area contributed by atoms with Crippen molar-refractivity contribution in [2.45, 2.75) is 38.1 Å². The van der Waals surface area contributed by atoms with Crippen LogP contribution in [-0.2, 0) is 10.3 Å². The zero-order valence-corrected chi connectivity index (χ0v) is 13.5. The maximum atomic E-state index is 12.6. The van der Waals surface area contributed by atoms with Crippen LogP contribution in [0.15, 0.2) is 30.3 Å². The van der Waals surface area contributed by atoms with E-state index in [0.717, 1.165) is 10.9 Å². The summed E-state index contributed by atoms with van der Waals surface area (Å²) in [6, 6.07) is 10.2. The molecule has 3 unspecified atom stereocenters. The van der Waals surface area contributed by atoms with Gasteiger partial charge in [-0.2, -0.15) is 0 Å². The summed E-state index contributed by atoms with van der Waals surface area (Å²) in [5, 5.41) is 4.03. The van der Waals surface area contributed by atoms with Crippen molar-refractivity contribution in [1.29, 1.82) is 0 Å². The third-order valence-electron chi connectivity index (χ3n) is 5.04. The van der Waals surface area contributed by atoms with E-state index in [0.29, 0.717) is 11.8 Å². The van der Waals surface area contributed by atoms with E-state index in [1.165, 1.54) is 25.7 Å². The molecule has 2 aliphatic carbocycles. The third kappa shape index (κ3) is 2.52. The topological polar surface area (TPSA) is 29.1 Å². The Bertz CT molecular complexity index is 477. The smallest absolute Gasteiger partial charge is 0.224 e. The minimum absolute atomic E-state index is 0.257. The van der Waals surface area contributed by atoms with Gasteiger partial charge in [0.1, 0.15) is 0 Å². The predicted octanol–water partition coefficient (Wildman–Crippen LogP) is 3.85. The highest BCUT2D eigenvalue weighted by Crippen LogP contribution is 2.55. The van der Waals surface area contributed by atoms with Gasteiger partial charge in [-0.25, -0.2) is 0 Å². The van der Waals surface area contributed by atoms with Crippen molar-refractivity contribution < 1.29 is 4.79 Å². The monoisotopic (exact) mass is 335 g/mol. The maximum absolute atomic E-state index is 12.6. The number of hydrogen-bond acceptors (Lipinski definition) is 1. The van der Waals surface area contributed by atoms with E-state index >= 15 is 0 Å². The molecule has 3 atom stereocenters. The van der Waals surface area contributed by atoms with Crippen LogP contribution in [0, 0.1) is 17.8 Å². The lowest BCUT2D eigenvalue weighted by atomic mass is 9.94. The molecule has 1 aromatic carbocycles. The molecule has 1 N–H and O–H groups in total. The lowest BCUT2D eigenvalue weighted by Crippen LogP contribution is -2.46. The number of alkyl halides is 1. The van der Waals surface area contributed by atoms with Crippen molar-refractivity contribution in [2.24, 2.45) is 17.8 Å². The van der Waals surface area contributed by atoms with Gasteiger partial charge in [0.25, 0.3) is 0 Å². The summed E-state index contributed by atoms with van der Waals surface area (Å²) in [5.41, 5.74) is 0.846. The maximum Gasteiger partial charge on any atom is 0.224 e. The molecule has 3 rings (SSSR count).